The van der Waals surface area contributed by atoms with Crippen molar-refractivity contribution >= 4 is 17.5 Å². The molecule has 36 heavy (non-hydrogen) atoms. The van der Waals surface area contributed by atoms with Gasteiger partial charge in [-0.3, -0.25) is 14.5 Å². The molecule has 0 unspecified atom stereocenters. The van der Waals surface area contributed by atoms with Gasteiger partial charge in [0.1, 0.15) is 17.3 Å². The first kappa shape index (κ1) is 25.2. The largest absolute Gasteiger partial charge is 0.508 e. The fourth-order valence-corrected chi connectivity index (χ4v) is 4.51. The zero-order valence-corrected chi connectivity index (χ0v) is 20.1. The molecule has 3 aromatic carbocycles. The Labute approximate surface area is 209 Å². The van der Waals surface area contributed by atoms with Crippen LogP contribution in [0.5, 0.6) is 11.5 Å². The molecule has 3 N–H and O–H groups in total. The summed E-state index contributed by atoms with van der Waals surface area (Å²) in [6.45, 7) is 1.84. The van der Waals surface area contributed by atoms with E-state index in [1.54, 1.807) is 19.2 Å². The minimum absolute atomic E-state index is 0.129. The Balaban J connectivity index is 1.46. The van der Waals surface area contributed by atoms with E-state index in [0.717, 1.165) is 11.1 Å². The lowest BCUT2D eigenvalue weighted by Gasteiger charge is -2.36. The summed E-state index contributed by atoms with van der Waals surface area (Å²) in [7, 11) is 1.59. The van der Waals surface area contributed by atoms with E-state index in [4.69, 9.17) is 4.74 Å². The van der Waals surface area contributed by atoms with E-state index in [0.29, 0.717) is 44.0 Å². The number of rotatable bonds is 8. The summed E-state index contributed by atoms with van der Waals surface area (Å²) in [5.74, 6) is -0.653. The molecule has 0 spiro atoms. The molecule has 0 saturated carbocycles. The van der Waals surface area contributed by atoms with Gasteiger partial charge in [-0.25, -0.2) is 4.39 Å². The van der Waals surface area contributed by atoms with E-state index < -0.39 is 11.8 Å². The number of aromatic hydroxyl groups is 1. The topological polar surface area (TPSA) is 90.9 Å². The summed E-state index contributed by atoms with van der Waals surface area (Å²) in [6, 6.07) is 20.0. The Hall–Kier alpha value is -3.91. The van der Waals surface area contributed by atoms with Gasteiger partial charge in [0.15, 0.2) is 0 Å². The first-order valence-corrected chi connectivity index (χ1v) is 11.9. The molecular formula is C28H30FN3O4. The summed E-state index contributed by atoms with van der Waals surface area (Å²) in [4.78, 5) is 28.4. The third kappa shape index (κ3) is 6.60. The third-order valence-corrected chi connectivity index (χ3v) is 6.37. The number of anilines is 1. The number of phenolic OH excluding ortho intramolecular Hbond substituents is 1. The molecule has 1 fully saturated rings. The predicted octanol–water partition coefficient (Wildman–Crippen LogP) is 3.93. The number of benzene rings is 3. The van der Waals surface area contributed by atoms with Crippen molar-refractivity contribution in [3.8, 4) is 11.5 Å². The smallest absolute Gasteiger partial charge is 0.228 e. The molecule has 3 aromatic rings. The Morgan fingerprint density at radius 3 is 2.33 bits per heavy atom. The Morgan fingerprint density at radius 2 is 1.64 bits per heavy atom. The van der Waals surface area contributed by atoms with E-state index in [1.165, 1.54) is 24.3 Å². The van der Waals surface area contributed by atoms with Crippen molar-refractivity contribution in [2.75, 3.05) is 25.5 Å². The van der Waals surface area contributed by atoms with Gasteiger partial charge in [0.25, 0.3) is 0 Å². The molecule has 1 saturated heterocycles. The van der Waals surface area contributed by atoms with Crippen LogP contribution in [-0.2, 0) is 22.7 Å². The molecule has 1 aliphatic rings. The molecular weight excluding hydrogens is 461 g/mol. The molecule has 8 heteroatoms. The standard InChI is InChI=1S/C28H30FN3O4/c1-36-26-5-3-2-4-20(26)15-30-27(34)21-14-22(28(35)31-24-10-8-23(29)9-11-24)18-32(17-21)16-19-6-12-25(33)13-7-19/h2-13,21-22,33H,14-18H2,1H3,(H,30,34)(H,31,35)/t21-,22+/m0/s1. The van der Waals surface area contributed by atoms with E-state index in [-0.39, 0.29) is 23.4 Å². The van der Waals surface area contributed by atoms with Gasteiger partial charge >= 0.3 is 0 Å². The molecule has 0 radical (unpaired) electrons. The van der Waals surface area contributed by atoms with Crippen molar-refractivity contribution in [2.24, 2.45) is 11.8 Å². The number of methoxy groups -OCH3 is 1. The van der Waals surface area contributed by atoms with Crippen molar-refractivity contribution in [2.45, 2.75) is 19.5 Å². The van der Waals surface area contributed by atoms with Crippen LogP contribution in [0.4, 0.5) is 10.1 Å². The quantitative estimate of drug-likeness (QED) is 0.444. The van der Waals surface area contributed by atoms with Gasteiger partial charge < -0.3 is 20.5 Å². The van der Waals surface area contributed by atoms with Crippen LogP contribution < -0.4 is 15.4 Å². The van der Waals surface area contributed by atoms with Crippen LogP contribution in [-0.4, -0.2) is 42.0 Å². The zero-order valence-electron chi connectivity index (χ0n) is 20.1. The van der Waals surface area contributed by atoms with Gasteiger partial charge in [-0.2, -0.15) is 0 Å². The number of amides is 2. The first-order valence-electron chi connectivity index (χ1n) is 11.9. The number of carbonyl (C=O) groups excluding carboxylic acids is 2. The number of hydrogen-bond acceptors (Lipinski definition) is 5. The van der Waals surface area contributed by atoms with Crippen molar-refractivity contribution in [3.05, 3.63) is 89.7 Å². The lowest BCUT2D eigenvalue weighted by atomic mass is 9.87. The molecule has 1 aliphatic heterocycles. The highest BCUT2D eigenvalue weighted by molar-refractivity contribution is 5.93. The van der Waals surface area contributed by atoms with Crippen LogP contribution in [0.25, 0.3) is 0 Å². The summed E-state index contributed by atoms with van der Waals surface area (Å²) in [5, 5.41) is 15.4. The summed E-state index contributed by atoms with van der Waals surface area (Å²) < 4.78 is 18.6. The minimum Gasteiger partial charge on any atom is -0.508 e. The number of para-hydroxylation sites is 1. The van der Waals surface area contributed by atoms with Gasteiger partial charge in [-0.1, -0.05) is 30.3 Å². The highest BCUT2D eigenvalue weighted by atomic mass is 19.1. The monoisotopic (exact) mass is 491 g/mol. The molecule has 2 amide bonds. The van der Waals surface area contributed by atoms with Crippen molar-refractivity contribution in [1.82, 2.24) is 10.2 Å². The number of hydrogen-bond donors (Lipinski definition) is 3. The molecule has 4 rings (SSSR count). The second-order valence-corrected chi connectivity index (χ2v) is 9.02. The molecule has 0 aromatic heterocycles. The lowest BCUT2D eigenvalue weighted by Crippen LogP contribution is -2.48. The van der Waals surface area contributed by atoms with Gasteiger partial charge in [-0.15, -0.1) is 0 Å². The van der Waals surface area contributed by atoms with Crippen molar-refractivity contribution in [1.29, 1.82) is 0 Å². The van der Waals surface area contributed by atoms with Gasteiger partial charge in [0.05, 0.1) is 18.9 Å². The van der Waals surface area contributed by atoms with E-state index >= 15 is 0 Å². The number of halogens is 1. The average molecular weight is 492 g/mol. The second-order valence-electron chi connectivity index (χ2n) is 9.02. The highest BCUT2D eigenvalue weighted by Crippen LogP contribution is 2.26. The molecule has 7 nitrogen and oxygen atoms in total. The molecule has 1 heterocycles. The van der Waals surface area contributed by atoms with Crippen molar-refractivity contribution < 1.29 is 23.8 Å². The minimum atomic E-state index is -0.428. The summed E-state index contributed by atoms with van der Waals surface area (Å²) >= 11 is 0. The van der Waals surface area contributed by atoms with Crippen LogP contribution in [0.2, 0.25) is 0 Å². The molecule has 0 aliphatic carbocycles. The second kappa shape index (κ2) is 11.7. The van der Waals surface area contributed by atoms with Gasteiger partial charge in [0.2, 0.25) is 11.8 Å². The number of phenols is 1. The van der Waals surface area contributed by atoms with Gasteiger partial charge in [-0.05, 0) is 54.4 Å². The fourth-order valence-electron chi connectivity index (χ4n) is 4.51. The maximum atomic E-state index is 13.3. The number of piperidine rings is 1. The van der Waals surface area contributed by atoms with E-state index in [9.17, 15) is 19.1 Å². The maximum Gasteiger partial charge on any atom is 0.228 e. The number of nitrogens with zero attached hydrogens (tertiary/aromatic N) is 1. The van der Waals surface area contributed by atoms with Gasteiger partial charge in [0, 0.05) is 37.4 Å². The number of ether oxygens (including phenoxy) is 1. The first-order chi connectivity index (χ1) is 17.4. The van der Waals surface area contributed by atoms with Crippen LogP contribution in [0.1, 0.15) is 17.5 Å². The maximum absolute atomic E-state index is 13.3. The highest BCUT2D eigenvalue weighted by Gasteiger charge is 2.35. The number of likely N-dealkylation sites (tertiary alicyclic amines) is 1. The average Bonchev–Trinajstić information content (AvgIpc) is 2.90. The van der Waals surface area contributed by atoms with Crippen LogP contribution in [0.3, 0.4) is 0 Å². The predicted molar refractivity (Wildman–Crippen MR) is 135 cm³/mol. The molecule has 0 bridgehead atoms. The SMILES string of the molecule is COc1ccccc1CNC(=O)[C@H]1C[C@@H](C(=O)Nc2ccc(F)cc2)CN(Cc2ccc(O)cc2)C1. The van der Waals surface area contributed by atoms with E-state index in [1.807, 2.05) is 36.4 Å². The number of nitrogens with one attached hydrogen (secondary N) is 2. The van der Waals surface area contributed by atoms with Crippen LogP contribution in [0, 0.1) is 17.7 Å². The lowest BCUT2D eigenvalue weighted by molar-refractivity contribution is -0.130. The molecule has 188 valence electrons. The Morgan fingerprint density at radius 1 is 0.972 bits per heavy atom. The molecule has 2 atom stereocenters. The van der Waals surface area contributed by atoms with Crippen molar-refractivity contribution in [3.63, 3.8) is 0 Å². The number of carbonyl (C=O) groups is 2. The Kier molecular flexibility index (Phi) is 8.17. The van der Waals surface area contributed by atoms with E-state index in [2.05, 4.69) is 15.5 Å². The normalized spacial score (nSPS) is 17.8. The third-order valence-electron chi connectivity index (χ3n) is 6.37. The van der Waals surface area contributed by atoms with Crippen LogP contribution in [0.15, 0.2) is 72.8 Å². The summed E-state index contributed by atoms with van der Waals surface area (Å²) in [6.07, 6.45) is 0.400. The fraction of sp³-hybridized carbons (Fsp3) is 0.286. The van der Waals surface area contributed by atoms with Crippen LogP contribution >= 0.6 is 0 Å². The zero-order chi connectivity index (χ0) is 25.5. The summed E-state index contributed by atoms with van der Waals surface area (Å²) in [5.41, 5.74) is 2.35. The Bertz CT molecular complexity index is 1180.